The average Bonchev–Trinajstić information content (AvgIpc) is 2.34. The first kappa shape index (κ1) is 11.2. The lowest BCUT2D eigenvalue weighted by Crippen LogP contribution is -2.02. The summed E-state index contributed by atoms with van der Waals surface area (Å²) in [6.07, 6.45) is 0. The largest absolute Gasteiger partial charge is 0.397 e. The zero-order chi connectivity index (χ0) is 12.4. The summed E-state index contributed by atoms with van der Waals surface area (Å²) in [5.41, 5.74) is 10.4. The quantitative estimate of drug-likeness (QED) is 0.808. The molecule has 0 aliphatic carbocycles. The maximum absolute atomic E-state index is 9.23. The number of nitrogen functional groups attached to an aromatic ring is 1. The molecule has 0 radical (unpaired) electrons. The molecule has 0 aliphatic rings. The lowest BCUT2D eigenvalue weighted by Gasteiger charge is -2.12. The van der Waals surface area contributed by atoms with Gasteiger partial charge < -0.3 is 5.73 Å². The summed E-state index contributed by atoms with van der Waals surface area (Å²) < 4.78 is 0. The molecule has 0 saturated heterocycles. The molecule has 1 aromatic heterocycles. The highest BCUT2D eigenvalue weighted by molar-refractivity contribution is 5.83. The Kier molecular flexibility index (Phi) is 2.80. The summed E-state index contributed by atoms with van der Waals surface area (Å²) in [6, 6.07) is 11.9. The van der Waals surface area contributed by atoms with Gasteiger partial charge in [0.15, 0.2) is 0 Å². The van der Waals surface area contributed by atoms with Gasteiger partial charge in [0.1, 0.15) is 6.07 Å². The van der Waals surface area contributed by atoms with Crippen LogP contribution in [-0.2, 0) is 0 Å². The van der Waals surface area contributed by atoms with Gasteiger partial charge in [-0.3, -0.25) is 4.98 Å². The zero-order valence-electron chi connectivity index (χ0n) is 9.86. The molecule has 0 saturated carbocycles. The molecule has 84 valence electrons. The third kappa shape index (κ3) is 1.85. The lowest BCUT2D eigenvalue weighted by atomic mass is 9.97. The minimum Gasteiger partial charge on any atom is -0.397 e. The first-order valence-electron chi connectivity index (χ1n) is 5.37. The number of hydrogen-bond donors (Lipinski definition) is 1. The van der Waals surface area contributed by atoms with Crippen molar-refractivity contribution >= 4 is 5.69 Å². The van der Waals surface area contributed by atoms with Crippen molar-refractivity contribution in [1.29, 1.82) is 5.26 Å². The van der Waals surface area contributed by atoms with Gasteiger partial charge in [-0.2, -0.15) is 5.26 Å². The van der Waals surface area contributed by atoms with Crippen LogP contribution in [0.4, 0.5) is 5.69 Å². The van der Waals surface area contributed by atoms with Crippen molar-refractivity contribution in [3.05, 3.63) is 47.3 Å². The Morgan fingerprint density at radius 2 is 1.76 bits per heavy atom. The molecule has 0 bridgehead atoms. The number of benzene rings is 1. The van der Waals surface area contributed by atoms with E-state index in [9.17, 15) is 5.26 Å². The van der Waals surface area contributed by atoms with E-state index >= 15 is 0 Å². The van der Waals surface area contributed by atoms with Gasteiger partial charge in [0, 0.05) is 5.56 Å². The molecule has 17 heavy (non-hydrogen) atoms. The Morgan fingerprint density at radius 1 is 1.12 bits per heavy atom. The van der Waals surface area contributed by atoms with Crippen LogP contribution in [0.2, 0.25) is 0 Å². The summed E-state index contributed by atoms with van der Waals surface area (Å²) in [4.78, 5) is 4.28. The number of aryl methyl sites for hydroxylation is 2. The van der Waals surface area contributed by atoms with E-state index in [2.05, 4.69) is 11.1 Å². The molecule has 2 rings (SSSR count). The second-order valence-electron chi connectivity index (χ2n) is 3.92. The summed E-state index contributed by atoms with van der Waals surface area (Å²) in [6.45, 7) is 3.69. The first-order valence-corrected chi connectivity index (χ1v) is 5.37. The van der Waals surface area contributed by atoms with E-state index in [1.54, 1.807) is 0 Å². The smallest absolute Gasteiger partial charge is 0.102 e. The van der Waals surface area contributed by atoms with Crippen LogP contribution in [0.15, 0.2) is 30.3 Å². The Labute approximate surface area is 101 Å². The van der Waals surface area contributed by atoms with Crippen molar-refractivity contribution < 1.29 is 0 Å². The van der Waals surface area contributed by atoms with Crippen LogP contribution in [0.5, 0.6) is 0 Å². The maximum atomic E-state index is 9.23. The fourth-order valence-corrected chi connectivity index (χ4v) is 1.91. The highest BCUT2D eigenvalue weighted by Gasteiger charge is 2.14. The third-order valence-electron chi connectivity index (χ3n) is 2.78. The molecule has 1 aromatic carbocycles. The monoisotopic (exact) mass is 223 g/mol. The van der Waals surface area contributed by atoms with Gasteiger partial charge in [0.25, 0.3) is 0 Å². The minimum atomic E-state index is 0.555. The number of anilines is 1. The number of rotatable bonds is 1. The molecule has 0 atom stereocenters. The van der Waals surface area contributed by atoms with Crippen LogP contribution >= 0.6 is 0 Å². The van der Waals surface area contributed by atoms with E-state index in [1.165, 1.54) is 0 Å². The Morgan fingerprint density at radius 3 is 2.35 bits per heavy atom. The Balaban J connectivity index is 2.81. The second-order valence-corrected chi connectivity index (χ2v) is 3.92. The fraction of sp³-hybridized carbons (Fsp3) is 0.143. The van der Waals surface area contributed by atoms with Crippen molar-refractivity contribution in [3.63, 3.8) is 0 Å². The van der Waals surface area contributed by atoms with Crippen molar-refractivity contribution in [2.75, 3.05) is 5.73 Å². The first-order chi connectivity index (χ1) is 8.15. The number of aromatic nitrogens is 1. The van der Waals surface area contributed by atoms with Crippen LogP contribution in [0.25, 0.3) is 11.1 Å². The molecule has 0 amide bonds. The van der Waals surface area contributed by atoms with Gasteiger partial charge in [0.2, 0.25) is 0 Å². The van der Waals surface area contributed by atoms with Gasteiger partial charge >= 0.3 is 0 Å². The minimum absolute atomic E-state index is 0.555. The maximum Gasteiger partial charge on any atom is 0.102 e. The second kappa shape index (κ2) is 4.26. The van der Waals surface area contributed by atoms with Crippen LogP contribution in [-0.4, -0.2) is 4.98 Å². The topological polar surface area (TPSA) is 62.7 Å². The molecular formula is C14H13N3. The van der Waals surface area contributed by atoms with Gasteiger partial charge in [0.05, 0.1) is 22.6 Å². The number of pyridine rings is 1. The molecule has 0 unspecified atom stereocenters. The van der Waals surface area contributed by atoms with Crippen molar-refractivity contribution in [2.24, 2.45) is 0 Å². The van der Waals surface area contributed by atoms with Gasteiger partial charge in [-0.05, 0) is 19.4 Å². The molecule has 3 heteroatoms. The fourth-order valence-electron chi connectivity index (χ4n) is 1.91. The van der Waals surface area contributed by atoms with Gasteiger partial charge in [-0.1, -0.05) is 30.3 Å². The molecule has 2 N–H and O–H groups in total. The highest BCUT2D eigenvalue weighted by atomic mass is 14.8. The molecule has 0 aliphatic heterocycles. The summed E-state index contributed by atoms with van der Waals surface area (Å²) in [7, 11) is 0. The zero-order valence-corrected chi connectivity index (χ0v) is 9.86. The lowest BCUT2D eigenvalue weighted by molar-refractivity contribution is 1.12. The summed E-state index contributed by atoms with van der Waals surface area (Å²) in [5.74, 6) is 0. The van der Waals surface area contributed by atoms with E-state index in [0.717, 1.165) is 22.5 Å². The van der Waals surface area contributed by atoms with Crippen molar-refractivity contribution in [2.45, 2.75) is 13.8 Å². The molecule has 3 nitrogen and oxygen atoms in total. The number of nitrogens with zero attached hydrogens (tertiary/aromatic N) is 2. The van der Waals surface area contributed by atoms with Gasteiger partial charge in [-0.15, -0.1) is 0 Å². The molecular weight excluding hydrogens is 210 g/mol. The molecule has 0 spiro atoms. The number of nitrogens with two attached hydrogens (primary N) is 1. The molecule has 0 fully saturated rings. The van der Waals surface area contributed by atoms with E-state index in [-0.39, 0.29) is 0 Å². The normalized spacial score (nSPS) is 9.94. The van der Waals surface area contributed by atoms with Crippen molar-refractivity contribution in [1.82, 2.24) is 4.98 Å². The highest BCUT2D eigenvalue weighted by Crippen LogP contribution is 2.32. The van der Waals surface area contributed by atoms with E-state index < -0.39 is 0 Å². The van der Waals surface area contributed by atoms with Crippen LogP contribution < -0.4 is 5.73 Å². The predicted octanol–water partition coefficient (Wildman–Crippen LogP) is 2.82. The Hall–Kier alpha value is -2.34. The summed E-state index contributed by atoms with van der Waals surface area (Å²) >= 11 is 0. The van der Waals surface area contributed by atoms with Crippen molar-refractivity contribution in [3.8, 4) is 17.2 Å². The standard InChI is InChI=1S/C14H13N3/c1-9-12(8-15)13(14(16)10(2)17-9)11-6-4-3-5-7-11/h3-7H,16H2,1-2H3. The SMILES string of the molecule is Cc1nc(C)c(C#N)c(-c2ccccc2)c1N. The Bertz CT molecular complexity index is 595. The molecule has 2 aromatic rings. The van der Waals surface area contributed by atoms with Gasteiger partial charge in [-0.25, -0.2) is 0 Å². The molecule has 1 heterocycles. The predicted molar refractivity (Wildman–Crippen MR) is 68.3 cm³/mol. The van der Waals surface area contributed by atoms with E-state index in [4.69, 9.17) is 5.73 Å². The average molecular weight is 223 g/mol. The third-order valence-corrected chi connectivity index (χ3v) is 2.78. The van der Waals surface area contributed by atoms with Crippen LogP contribution in [0, 0.1) is 25.2 Å². The van der Waals surface area contributed by atoms with E-state index in [0.29, 0.717) is 11.3 Å². The summed E-state index contributed by atoms with van der Waals surface area (Å²) in [5, 5.41) is 9.23. The van der Waals surface area contributed by atoms with Crippen LogP contribution in [0.3, 0.4) is 0 Å². The number of nitriles is 1. The number of hydrogen-bond acceptors (Lipinski definition) is 3. The van der Waals surface area contributed by atoms with E-state index in [1.807, 2.05) is 44.2 Å². The van der Waals surface area contributed by atoms with Crippen LogP contribution in [0.1, 0.15) is 17.0 Å².